The highest BCUT2D eigenvalue weighted by Gasteiger charge is 2.45. The number of hydrogen-bond acceptors (Lipinski definition) is 0. The van der Waals surface area contributed by atoms with Gasteiger partial charge in [-0.15, -0.1) is 0 Å². The van der Waals surface area contributed by atoms with Crippen LogP contribution in [0.1, 0.15) is 90.7 Å². The molecule has 0 radical (unpaired) electrons. The van der Waals surface area contributed by atoms with Gasteiger partial charge in [0.2, 0.25) is 0 Å². The van der Waals surface area contributed by atoms with Crippen molar-refractivity contribution in [1.29, 1.82) is 0 Å². The average molecular weight is 337 g/mol. The third-order valence-electron chi connectivity index (χ3n) is 6.96. The molecule has 0 nitrogen and oxygen atoms in total. The van der Waals surface area contributed by atoms with Crippen LogP contribution in [0.4, 0.5) is 0 Å². The van der Waals surface area contributed by atoms with Crippen LogP contribution in [0.15, 0.2) is 42.0 Å². The highest BCUT2D eigenvalue weighted by atomic mass is 14.5. The van der Waals surface area contributed by atoms with E-state index < -0.39 is 0 Å². The molecule has 25 heavy (non-hydrogen) atoms. The summed E-state index contributed by atoms with van der Waals surface area (Å²) in [6.07, 6.45) is 11.3. The zero-order valence-electron chi connectivity index (χ0n) is 17.2. The predicted molar refractivity (Wildman–Crippen MR) is 111 cm³/mol. The molecule has 0 aromatic heterocycles. The van der Waals surface area contributed by atoms with Gasteiger partial charge in [0.15, 0.2) is 0 Å². The summed E-state index contributed by atoms with van der Waals surface area (Å²) in [6.45, 7) is 14.4. The molecule has 0 unspecified atom stereocenters. The summed E-state index contributed by atoms with van der Waals surface area (Å²) in [5, 5.41) is 0. The van der Waals surface area contributed by atoms with E-state index in [2.05, 4.69) is 78.0 Å². The van der Waals surface area contributed by atoms with Crippen molar-refractivity contribution in [1.82, 2.24) is 0 Å². The largest absolute Gasteiger partial charge is 0.0836 e. The van der Waals surface area contributed by atoms with Crippen molar-refractivity contribution in [2.75, 3.05) is 0 Å². The molecule has 0 saturated carbocycles. The van der Waals surface area contributed by atoms with Crippen LogP contribution in [-0.4, -0.2) is 0 Å². The van der Waals surface area contributed by atoms with Crippen molar-refractivity contribution in [3.8, 4) is 0 Å². The van der Waals surface area contributed by atoms with Crippen LogP contribution >= 0.6 is 0 Å². The SMILES string of the molecule is CCC(CC)c1ccc(C2=CC[C@]3(C)C[C@H](C)CC=C3C2(C)C)cc1. The van der Waals surface area contributed by atoms with Crippen LogP contribution in [-0.2, 0) is 0 Å². The summed E-state index contributed by atoms with van der Waals surface area (Å²) in [7, 11) is 0. The average Bonchev–Trinajstić information content (AvgIpc) is 2.56. The number of fused-ring (bicyclic) bond motifs is 1. The first-order valence-electron chi connectivity index (χ1n) is 10.3. The molecule has 0 heterocycles. The van der Waals surface area contributed by atoms with Gasteiger partial charge in [0.1, 0.15) is 0 Å². The third kappa shape index (κ3) is 3.25. The lowest BCUT2D eigenvalue weighted by Gasteiger charge is -2.49. The second-order valence-electron chi connectivity index (χ2n) is 9.31. The zero-order chi connectivity index (χ0) is 18.2. The summed E-state index contributed by atoms with van der Waals surface area (Å²) in [5.41, 5.74) is 6.63. The quantitative estimate of drug-likeness (QED) is 0.493. The van der Waals surface area contributed by atoms with E-state index in [-0.39, 0.29) is 5.41 Å². The van der Waals surface area contributed by atoms with Gasteiger partial charge in [-0.25, -0.2) is 0 Å². The van der Waals surface area contributed by atoms with Gasteiger partial charge in [-0.1, -0.05) is 83.5 Å². The van der Waals surface area contributed by atoms with Gasteiger partial charge in [-0.2, -0.15) is 0 Å². The lowest BCUT2D eigenvalue weighted by atomic mass is 9.55. The molecule has 0 aliphatic heterocycles. The van der Waals surface area contributed by atoms with Crippen molar-refractivity contribution in [2.24, 2.45) is 16.7 Å². The molecule has 0 N–H and O–H groups in total. The molecule has 0 spiro atoms. The molecular formula is C25H36. The van der Waals surface area contributed by atoms with Crippen LogP contribution in [0.25, 0.3) is 5.57 Å². The summed E-state index contributed by atoms with van der Waals surface area (Å²) >= 11 is 0. The Balaban J connectivity index is 1.95. The van der Waals surface area contributed by atoms with Gasteiger partial charge in [0.05, 0.1) is 0 Å². The minimum atomic E-state index is 0.142. The van der Waals surface area contributed by atoms with Gasteiger partial charge >= 0.3 is 0 Å². The molecule has 1 aromatic carbocycles. The molecule has 3 rings (SSSR count). The number of allylic oxidation sites excluding steroid dienone is 4. The van der Waals surface area contributed by atoms with Gasteiger partial charge in [0, 0.05) is 5.41 Å². The smallest absolute Gasteiger partial charge is 0.0113 e. The first-order valence-corrected chi connectivity index (χ1v) is 10.3. The van der Waals surface area contributed by atoms with E-state index in [9.17, 15) is 0 Å². The minimum Gasteiger partial charge on any atom is -0.0836 e. The monoisotopic (exact) mass is 336 g/mol. The molecule has 0 bridgehead atoms. The Kier molecular flexibility index (Phi) is 5.02. The maximum atomic E-state index is 2.57. The Morgan fingerprint density at radius 1 is 1.00 bits per heavy atom. The van der Waals surface area contributed by atoms with Gasteiger partial charge in [0.25, 0.3) is 0 Å². The van der Waals surface area contributed by atoms with Crippen molar-refractivity contribution >= 4 is 5.57 Å². The molecule has 0 fully saturated rings. The Morgan fingerprint density at radius 3 is 2.24 bits per heavy atom. The Morgan fingerprint density at radius 2 is 1.64 bits per heavy atom. The molecular weight excluding hydrogens is 300 g/mol. The molecule has 136 valence electrons. The van der Waals surface area contributed by atoms with Crippen molar-refractivity contribution < 1.29 is 0 Å². The van der Waals surface area contributed by atoms with E-state index in [1.165, 1.54) is 48.8 Å². The Labute approximate surface area is 155 Å². The van der Waals surface area contributed by atoms with E-state index in [1.807, 2.05) is 0 Å². The van der Waals surface area contributed by atoms with Crippen LogP contribution < -0.4 is 0 Å². The standard InChI is InChI=1S/C25H36/c1-7-19(8-2)20-10-12-21(13-11-20)22-15-16-25(6)17-18(3)9-14-23(25)24(22,4)5/h10-15,18-19H,7-9,16-17H2,1-6H3/t18-,25-/m1/s1. The first-order chi connectivity index (χ1) is 11.8. The molecule has 0 saturated heterocycles. The van der Waals surface area contributed by atoms with E-state index in [4.69, 9.17) is 0 Å². The van der Waals surface area contributed by atoms with E-state index in [1.54, 1.807) is 5.57 Å². The summed E-state index contributed by atoms with van der Waals surface area (Å²) < 4.78 is 0. The third-order valence-corrected chi connectivity index (χ3v) is 6.96. The number of hydrogen-bond donors (Lipinski definition) is 0. The molecule has 1 aromatic rings. The number of rotatable bonds is 4. The lowest BCUT2D eigenvalue weighted by molar-refractivity contribution is 0.237. The second kappa shape index (κ2) is 6.78. The van der Waals surface area contributed by atoms with Gasteiger partial charge in [-0.05, 0) is 66.1 Å². The highest BCUT2D eigenvalue weighted by molar-refractivity contribution is 5.75. The number of benzene rings is 1. The van der Waals surface area contributed by atoms with Crippen LogP contribution in [0.2, 0.25) is 0 Å². The second-order valence-corrected chi connectivity index (χ2v) is 9.31. The molecule has 2 atom stereocenters. The summed E-state index contributed by atoms with van der Waals surface area (Å²) in [6, 6.07) is 9.48. The normalized spacial score (nSPS) is 28.4. The lowest BCUT2D eigenvalue weighted by Crippen LogP contribution is -2.37. The summed E-state index contributed by atoms with van der Waals surface area (Å²) in [5.74, 6) is 1.52. The Bertz CT molecular complexity index is 666. The van der Waals surface area contributed by atoms with E-state index in [0.29, 0.717) is 11.3 Å². The van der Waals surface area contributed by atoms with Crippen LogP contribution in [0, 0.1) is 16.7 Å². The van der Waals surface area contributed by atoms with E-state index >= 15 is 0 Å². The van der Waals surface area contributed by atoms with Crippen molar-refractivity contribution in [3.05, 3.63) is 53.1 Å². The zero-order valence-corrected chi connectivity index (χ0v) is 17.2. The highest BCUT2D eigenvalue weighted by Crippen LogP contribution is 2.58. The summed E-state index contributed by atoms with van der Waals surface area (Å²) in [4.78, 5) is 0. The maximum absolute atomic E-state index is 2.57. The van der Waals surface area contributed by atoms with E-state index in [0.717, 1.165) is 5.92 Å². The van der Waals surface area contributed by atoms with Crippen LogP contribution in [0.3, 0.4) is 0 Å². The van der Waals surface area contributed by atoms with Gasteiger partial charge < -0.3 is 0 Å². The Hall–Kier alpha value is -1.30. The minimum absolute atomic E-state index is 0.142. The molecule has 2 aliphatic rings. The van der Waals surface area contributed by atoms with Crippen LogP contribution in [0.5, 0.6) is 0 Å². The molecule has 0 amide bonds. The van der Waals surface area contributed by atoms with Crippen molar-refractivity contribution in [3.63, 3.8) is 0 Å². The van der Waals surface area contributed by atoms with Gasteiger partial charge in [-0.3, -0.25) is 0 Å². The topological polar surface area (TPSA) is 0 Å². The molecule has 2 aliphatic carbocycles. The fourth-order valence-electron chi connectivity index (χ4n) is 5.63. The molecule has 0 heteroatoms. The fourth-order valence-corrected chi connectivity index (χ4v) is 5.63. The maximum Gasteiger partial charge on any atom is 0.0113 e. The predicted octanol–water partition coefficient (Wildman–Crippen LogP) is 7.77. The first kappa shape index (κ1) is 18.5. The van der Waals surface area contributed by atoms with Crippen molar-refractivity contribution in [2.45, 2.75) is 79.6 Å². The fraction of sp³-hybridized carbons (Fsp3) is 0.600.